The van der Waals surface area contributed by atoms with Gasteiger partial charge in [0.1, 0.15) is 16.8 Å². The van der Waals surface area contributed by atoms with Crippen LogP contribution in [0.5, 0.6) is 5.75 Å². The second-order valence-corrected chi connectivity index (χ2v) is 9.31. The van der Waals surface area contributed by atoms with Crippen LogP contribution in [0.4, 0.5) is 11.8 Å². The molecule has 0 aliphatic carbocycles. The van der Waals surface area contributed by atoms with Crippen LogP contribution in [0.2, 0.25) is 0 Å². The molecule has 34 heavy (non-hydrogen) atoms. The van der Waals surface area contributed by atoms with Gasteiger partial charge in [-0.05, 0) is 36.4 Å². The molecule has 4 rings (SSSR count). The molecule has 0 spiro atoms. The smallest absolute Gasteiger partial charge is 0.222 e. The summed E-state index contributed by atoms with van der Waals surface area (Å²) in [5.41, 5.74) is 11.4. The van der Waals surface area contributed by atoms with Gasteiger partial charge in [0.15, 0.2) is 5.82 Å². The van der Waals surface area contributed by atoms with Crippen molar-refractivity contribution in [2.24, 2.45) is 0 Å². The summed E-state index contributed by atoms with van der Waals surface area (Å²) in [6, 6.07) is 14.7. The largest absolute Gasteiger partial charge is 0.496 e. The van der Waals surface area contributed by atoms with Crippen molar-refractivity contribution < 1.29 is 4.74 Å². The lowest BCUT2D eigenvalue weighted by Gasteiger charge is -2.15. The molecule has 0 bridgehead atoms. The van der Waals surface area contributed by atoms with Gasteiger partial charge >= 0.3 is 0 Å². The molecule has 2 aromatic carbocycles. The number of para-hydroxylation sites is 1. The average Bonchev–Trinajstić information content (AvgIpc) is 3.15. The van der Waals surface area contributed by atoms with Crippen LogP contribution in [0.25, 0.3) is 21.9 Å². The molecule has 0 radical (unpaired) electrons. The second kappa shape index (κ2) is 11.4. The zero-order chi connectivity index (χ0) is 23.9. The van der Waals surface area contributed by atoms with Crippen LogP contribution in [-0.4, -0.2) is 46.7 Å². The number of rotatable bonds is 12. The molecule has 2 heterocycles. The molecule has 0 aliphatic heterocycles. The van der Waals surface area contributed by atoms with Gasteiger partial charge in [0.2, 0.25) is 5.95 Å². The number of ether oxygens (including phenoxy) is 1. The van der Waals surface area contributed by atoms with Gasteiger partial charge in [0.05, 0.1) is 19.2 Å². The summed E-state index contributed by atoms with van der Waals surface area (Å²) >= 11 is 1.85. The van der Waals surface area contributed by atoms with Crippen molar-refractivity contribution in [3.8, 4) is 5.75 Å². The number of anilines is 2. The number of thioether (sulfide) groups is 1. The van der Waals surface area contributed by atoms with Crippen molar-refractivity contribution in [3.63, 3.8) is 0 Å². The van der Waals surface area contributed by atoms with Gasteiger partial charge < -0.3 is 25.7 Å². The van der Waals surface area contributed by atoms with E-state index in [9.17, 15) is 0 Å². The van der Waals surface area contributed by atoms with Crippen LogP contribution in [0, 0.1) is 0 Å². The number of nitrogens with two attached hydrogens (primary N) is 1. The van der Waals surface area contributed by atoms with Crippen molar-refractivity contribution in [2.75, 3.05) is 43.3 Å². The Labute approximate surface area is 205 Å². The molecule has 0 fully saturated rings. The summed E-state index contributed by atoms with van der Waals surface area (Å²) in [4.78, 5) is 9.22. The minimum Gasteiger partial charge on any atom is -0.496 e. The lowest BCUT2D eigenvalue weighted by atomic mass is 10.1. The van der Waals surface area contributed by atoms with Crippen LogP contribution in [-0.2, 0) is 13.1 Å². The highest BCUT2D eigenvalue weighted by Crippen LogP contribution is 2.34. The third-order valence-corrected chi connectivity index (χ3v) is 6.54. The lowest BCUT2D eigenvalue weighted by Crippen LogP contribution is -2.16. The first-order valence-electron chi connectivity index (χ1n) is 11.8. The van der Waals surface area contributed by atoms with Crippen molar-refractivity contribution in [2.45, 2.75) is 32.9 Å². The van der Waals surface area contributed by atoms with E-state index in [1.807, 2.05) is 17.8 Å². The molecule has 2 aromatic heterocycles. The van der Waals surface area contributed by atoms with Crippen LogP contribution in [0.3, 0.4) is 0 Å². The van der Waals surface area contributed by atoms with Gasteiger partial charge in [0.25, 0.3) is 0 Å². The first-order chi connectivity index (χ1) is 16.7. The molecule has 7 nitrogen and oxygen atoms in total. The second-order valence-electron chi connectivity index (χ2n) is 8.33. The van der Waals surface area contributed by atoms with Crippen molar-refractivity contribution in [1.82, 2.24) is 19.9 Å². The van der Waals surface area contributed by atoms with Crippen molar-refractivity contribution in [3.05, 3.63) is 53.6 Å². The maximum atomic E-state index is 6.12. The highest BCUT2D eigenvalue weighted by atomic mass is 32.2. The monoisotopic (exact) mass is 478 g/mol. The van der Waals surface area contributed by atoms with E-state index >= 15 is 0 Å². The quantitative estimate of drug-likeness (QED) is 0.250. The molecule has 180 valence electrons. The summed E-state index contributed by atoms with van der Waals surface area (Å²) < 4.78 is 8.02. The van der Waals surface area contributed by atoms with Gasteiger partial charge in [-0.25, -0.2) is 4.98 Å². The Kier molecular flexibility index (Phi) is 8.13. The maximum Gasteiger partial charge on any atom is 0.222 e. The Bertz CT molecular complexity index is 1260. The van der Waals surface area contributed by atoms with Crippen molar-refractivity contribution in [1.29, 1.82) is 0 Å². The molecule has 0 saturated heterocycles. The Morgan fingerprint density at radius 2 is 1.97 bits per heavy atom. The number of hydrogen-bond donors (Lipinski definition) is 3. The van der Waals surface area contributed by atoms with Gasteiger partial charge in [-0.15, -0.1) is 0 Å². The zero-order valence-corrected chi connectivity index (χ0v) is 21.0. The fourth-order valence-electron chi connectivity index (χ4n) is 4.26. The summed E-state index contributed by atoms with van der Waals surface area (Å²) in [6.45, 7) is 5.47. The number of unbranched alkanes of at least 4 members (excludes halogenated alkanes) is 1. The first-order valence-corrected chi connectivity index (χ1v) is 13.2. The lowest BCUT2D eigenvalue weighted by molar-refractivity contribution is 0.408. The number of methoxy groups -OCH3 is 1. The molecular weight excluding hydrogens is 444 g/mol. The third-order valence-electron chi connectivity index (χ3n) is 5.93. The molecule has 0 amide bonds. The molecule has 8 heteroatoms. The Balaban J connectivity index is 1.79. The number of aromatic nitrogens is 3. The van der Waals surface area contributed by atoms with Crippen LogP contribution in [0.15, 0.2) is 42.5 Å². The molecule has 4 aromatic rings. The van der Waals surface area contributed by atoms with Crippen LogP contribution in [0.1, 0.15) is 30.9 Å². The van der Waals surface area contributed by atoms with Gasteiger partial charge in [-0.2, -0.15) is 16.7 Å². The van der Waals surface area contributed by atoms with Crippen molar-refractivity contribution >= 4 is 45.5 Å². The average molecular weight is 479 g/mol. The zero-order valence-electron chi connectivity index (χ0n) is 20.2. The summed E-state index contributed by atoms with van der Waals surface area (Å²) in [5.74, 6) is 3.03. The number of nitrogen functional groups attached to an aromatic ring is 1. The van der Waals surface area contributed by atoms with E-state index in [2.05, 4.69) is 74.7 Å². The van der Waals surface area contributed by atoms with Gasteiger partial charge in [0, 0.05) is 36.3 Å². The molecule has 0 aliphatic rings. The number of benzene rings is 2. The Morgan fingerprint density at radius 3 is 2.76 bits per heavy atom. The Morgan fingerprint density at radius 1 is 1.12 bits per heavy atom. The maximum absolute atomic E-state index is 6.12. The number of nitrogens with one attached hydrogen (secondary N) is 2. The van der Waals surface area contributed by atoms with E-state index in [1.54, 1.807) is 7.11 Å². The molecule has 0 saturated carbocycles. The highest BCUT2D eigenvalue weighted by molar-refractivity contribution is 7.98. The molecule has 0 atom stereocenters. The molecular formula is C26H34N6OS. The van der Waals surface area contributed by atoms with Gasteiger partial charge in [-0.1, -0.05) is 37.6 Å². The van der Waals surface area contributed by atoms with E-state index in [4.69, 9.17) is 10.5 Å². The topological polar surface area (TPSA) is 90.0 Å². The Hall–Kier alpha value is -2.97. The SMILES string of the molecule is CCCCNc1nc(N)nc2c3ccccc3n(Cc3cc(CNCCSC)ccc3OC)c12. The minimum atomic E-state index is 0.283. The van der Waals surface area contributed by atoms with E-state index in [0.717, 1.165) is 77.3 Å². The van der Waals surface area contributed by atoms with E-state index in [0.29, 0.717) is 6.54 Å². The first kappa shape index (κ1) is 24.2. The fraction of sp³-hybridized carbons (Fsp3) is 0.385. The highest BCUT2D eigenvalue weighted by Gasteiger charge is 2.19. The van der Waals surface area contributed by atoms with E-state index < -0.39 is 0 Å². The standard InChI is InChI=1S/C26H34N6OS/c1-4-5-12-29-25-24-23(30-26(27)31-25)20-8-6-7-9-21(20)32(24)17-19-15-18(10-11-22(19)33-2)16-28-13-14-34-3/h6-11,15,28H,4-5,12-14,16-17H2,1-3H3,(H3,27,29,30,31). The third kappa shape index (κ3) is 5.23. The number of fused-ring (bicyclic) bond motifs is 3. The number of hydrogen-bond acceptors (Lipinski definition) is 7. The predicted molar refractivity (Wildman–Crippen MR) is 145 cm³/mol. The van der Waals surface area contributed by atoms with Gasteiger partial charge in [-0.3, -0.25) is 0 Å². The summed E-state index contributed by atoms with van der Waals surface area (Å²) in [7, 11) is 1.72. The van der Waals surface area contributed by atoms with Crippen LogP contribution >= 0.6 is 11.8 Å². The minimum absolute atomic E-state index is 0.283. The fourth-order valence-corrected chi connectivity index (χ4v) is 4.61. The predicted octanol–water partition coefficient (Wildman–Crippen LogP) is 4.89. The normalized spacial score (nSPS) is 11.4. The summed E-state index contributed by atoms with van der Waals surface area (Å²) in [5, 5.41) is 8.09. The number of nitrogens with zero attached hydrogens (tertiary/aromatic N) is 3. The molecule has 4 N–H and O–H groups in total. The summed E-state index contributed by atoms with van der Waals surface area (Å²) in [6.07, 6.45) is 4.29. The molecule has 0 unspecified atom stereocenters. The van der Waals surface area contributed by atoms with E-state index in [-0.39, 0.29) is 5.95 Å². The van der Waals surface area contributed by atoms with Crippen LogP contribution < -0.4 is 21.1 Å². The van der Waals surface area contributed by atoms with E-state index in [1.165, 1.54) is 5.56 Å².